The lowest BCUT2D eigenvalue weighted by molar-refractivity contribution is -0.112. The number of aryl methyl sites for hydroxylation is 2. The van der Waals surface area contributed by atoms with Gasteiger partial charge in [-0.05, 0) is 35.9 Å². The quantitative estimate of drug-likeness (QED) is 0.548. The van der Waals surface area contributed by atoms with Crippen molar-refractivity contribution in [1.29, 1.82) is 0 Å². The zero-order chi connectivity index (χ0) is 18.0. The minimum Gasteiger partial charge on any atom is -0.376 e. The molecule has 27 heavy (non-hydrogen) atoms. The lowest BCUT2D eigenvalue weighted by atomic mass is 9.98. The first kappa shape index (κ1) is 15.2. The summed E-state index contributed by atoms with van der Waals surface area (Å²) in [6.07, 6.45) is 4.48. The third-order valence-corrected chi connectivity index (χ3v) is 6.86. The molecule has 4 heteroatoms. The summed E-state index contributed by atoms with van der Waals surface area (Å²) in [4.78, 5) is 14.0. The molecule has 2 aromatic heterocycles. The Labute approximate surface area is 160 Å². The second-order valence-electron chi connectivity index (χ2n) is 7.33. The number of benzene rings is 2. The van der Waals surface area contributed by atoms with Crippen LogP contribution in [-0.4, -0.2) is 16.9 Å². The van der Waals surface area contributed by atoms with Crippen molar-refractivity contribution in [2.45, 2.75) is 19.4 Å². The second kappa shape index (κ2) is 5.57. The van der Waals surface area contributed by atoms with Crippen LogP contribution in [-0.2, 0) is 17.8 Å². The van der Waals surface area contributed by atoms with E-state index in [1.165, 1.54) is 26.6 Å². The Bertz CT molecular complexity index is 1240. The van der Waals surface area contributed by atoms with Gasteiger partial charge in [0.05, 0.1) is 28.2 Å². The maximum atomic E-state index is 12.9. The third kappa shape index (κ3) is 2.17. The van der Waals surface area contributed by atoms with Gasteiger partial charge in [-0.3, -0.25) is 4.79 Å². The standard InChI is InChI=1S/C23H18N2OS/c26-18-12-24-22(20-11-15-5-1-2-9-19(15)27-20)21(18)17-13-25-10-4-7-14-6-3-8-16(17)23(14)25/h1-3,5-6,8-9,11,13,24H,4,7,10,12H2. The summed E-state index contributed by atoms with van der Waals surface area (Å²) in [6.45, 7) is 1.41. The number of hydrogen-bond acceptors (Lipinski definition) is 3. The molecule has 0 spiro atoms. The molecule has 0 aliphatic carbocycles. The highest BCUT2D eigenvalue weighted by Gasteiger charge is 2.29. The number of carbonyl (C=O) groups is 1. The first-order valence-corrected chi connectivity index (χ1v) is 10.2. The molecular formula is C23H18N2OS. The molecule has 0 amide bonds. The van der Waals surface area contributed by atoms with Gasteiger partial charge in [0.2, 0.25) is 0 Å². The van der Waals surface area contributed by atoms with E-state index < -0.39 is 0 Å². The molecule has 2 aromatic carbocycles. The molecule has 0 unspecified atom stereocenters. The van der Waals surface area contributed by atoms with Crippen LogP contribution in [0.3, 0.4) is 0 Å². The van der Waals surface area contributed by atoms with Gasteiger partial charge in [-0.2, -0.15) is 0 Å². The Morgan fingerprint density at radius 2 is 2.00 bits per heavy atom. The number of rotatable bonds is 2. The SMILES string of the molecule is O=C1CNC(c2cc3ccccc3s2)=C1c1cn2c3c(cccc13)CCC2. The van der Waals surface area contributed by atoms with E-state index in [1.54, 1.807) is 11.3 Å². The van der Waals surface area contributed by atoms with E-state index >= 15 is 0 Å². The van der Waals surface area contributed by atoms with Gasteiger partial charge in [0.25, 0.3) is 0 Å². The number of nitrogens with one attached hydrogen (secondary N) is 1. The molecule has 3 nitrogen and oxygen atoms in total. The number of thiophene rings is 1. The molecule has 6 rings (SSSR count). The highest BCUT2D eigenvalue weighted by atomic mass is 32.1. The van der Waals surface area contributed by atoms with Gasteiger partial charge in [0.1, 0.15) is 0 Å². The molecule has 4 aromatic rings. The van der Waals surface area contributed by atoms with Crippen molar-refractivity contribution in [2.75, 3.05) is 6.54 Å². The first-order chi connectivity index (χ1) is 13.3. The average molecular weight is 370 g/mol. The lowest BCUT2D eigenvalue weighted by Crippen LogP contribution is -2.10. The van der Waals surface area contributed by atoms with E-state index in [4.69, 9.17) is 0 Å². The topological polar surface area (TPSA) is 34.0 Å². The van der Waals surface area contributed by atoms with E-state index in [-0.39, 0.29) is 5.78 Å². The Morgan fingerprint density at radius 1 is 1.07 bits per heavy atom. The summed E-state index contributed by atoms with van der Waals surface area (Å²) in [7, 11) is 0. The van der Waals surface area contributed by atoms with Gasteiger partial charge in [-0.1, -0.05) is 36.4 Å². The van der Waals surface area contributed by atoms with Crippen LogP contribution in [0.15, 0.2) is 54.7 Å². The zero-order valence-electron chi connectivity index (χ0n) is 14.8. The van der Waals surface area contributed by atoms with E-state index in [1.807, 2.05) is 0 Å². The number of Topliss-reactive ketones (excluding diaryl/α,β-unsaturated/α-hetero) is 1. The molecule has 0 atom stereocenters. The van der Waals surface area contributed by atoms with Crippen molar-refractivity contribution >= 4 is 49.4 Å². The summed E-state index contributed by atoms with van der Waals surface area (Å²) >= 11 is 1.75. The van der Waals surface area contributed by atoms with Crippen LogP contribution in [0.25, 0.3) is 32.3 Å². The summed E-state index contributed by atoms with van der Waals surface area (Å²) in [5.41, 5.74) is 5.62. The fraction of sp³-hybridized carbons (Fsp3) is 0.174. The number of para-hydroxylation sites is 1. The highest BCUT2D eigenvalue weighted by Crippen LogP contribution is 2.40. The number of aromatic nitrogens is 1. The molecular weight excluding hydrogens is 352 g/mol. The number of carbonyl (C=O) groups excluding carboxylic acids is 1. The van der Waals surface area contributed by atoms with E-state index in [2.05, 4.69) is 64.6 Å². The Morgan fingerprint density at radius 3 is 2.93 bits per heavy atom. The molecule has 2 aliphatic rings. The van der Waals surface area contributed by atoms with Crippen LogP contribution in [0, 0.1) is 0 Å². The van der Waals surface area contributed by atoms with Gasteiger partial charge in [0, 0.05) is 28.4 Å². The summed E-state index contributed by atoms with van der Waals surface area (Å²) in [5, 5.41) is 5.82. The molecule has 0 saturated heterocycles. The predicted molar refractivity (Wildman–Crippen MR) is 112 cm³/mol. The third-order valence-electron chi connectivity index (χ3n) is 5.72. The van der Waals surface area contributed by atoms with E-state index in [0.29, 0.717) is 6.54 Å². The Balaban J connectivity index is 1.63. The second-order valence-corrected chi connectivity index (χ2v) is 8.41. The molecule has 0 fully saturated rings. The van der Waals surface area contributed by atoms with Gasteiger partial charge in [-0.15, -0.1) is 11.3 Å². The minimum atomic E-state index is 0.186. The Hall–Kier alpha value is -2.85. The summed E-state index contributed by atoms with van der Waals surface area (Å²) < 4.78 is 3.59. The van der Waals surface area contributed by atoms with Crippen molar-refractivity contribution < 1.29 is 4.79 Å². The molecule has 0 bridgehead atoms. The van der Waals surface area contributed by atoms with Crippen molar-refractivity contribution in [3.63, 3.8) is 0 Å². The average Bonchev–Trinajstić information content (AvgIpc) is 3.38. The lowest BCUT2D eigenvalue weighted by Gasteiger charge is -2.14. The van der Waals surface area contributed by atoms with Gasteiger partial charge >= 0.3 is 0 Å². The molecule has 132 valence electrons. The maximum absolute atomic E-state index is 12.9. The normalized spacial score (nSPS) is 16.5. The molecule has 2 aliphatic heterocycles. The zero-order valence-corrected chi connectivity index (χ0v) is 15.6. The molecule has 1 N–H and O–H groups in total. The van der Waals surface area contributed by atoms with E-state index in [9.17, 15) is 4.79 Å². The fourth-order valence-electron chi connectivity index (χ4n) is 4.54. The van der Waals surface area contributed by atoms with Crippen LogP contribution in [0.5, 0.6) is 0 Å². The number of fused-ring (bicyclic) bond motifs is 1. The largest absolute Gasteiger partial charge is 0.376 e. The van der Waals surface area contributed by atoms with Crippen LogP contribution in [0.4, 0.5) is 0 Å². The first-order valence-electron chi connectivity index (χ1n) is 9.41. The van der Waals surface area contributed by atoms with E-state index in [0.717, 1.165) is 41.1 Å². The Kier molecular flexibility index (Phi) is 3.14. The maximum Gasteiger partial charge on any atom is 0.184 e. The molecule has 0 radical (unpaired) electrons. The predicted octanol–water partition coefficient (Wildman–Crippen LogP) is 4.84. The summed E-state index contributed by atoms with van der Waals surface area (Å²) in [6, 6.07) is 17.1. The summed E-state index contributed by atoms with van der Waals surface area (Å²) in [5.74, 6) is 0.186. The number of nitrogens with zero attached hydrogens (tertiary/aromatic N) is 1. The smallest absolute Gasteiger partial charge is 0.184 e. The minimum absolute atomic E-state index is 0.186. The van der Waals surface area contributed by atoms with Crippen LogP contribution in [0.2, 0.25) is 0 Å². The van der Waals surface area contributed by atoms with Crippen molar-refractivity contribution in [3.05, 3.63) is 70.7 Å². The fourth-order valence-corrected chi connectivity index (χ4v) is 5.63. The van der Waals surface area contributed by atoms with Crippen LogP contribution < -0.4 is 5.32 Å². The number of hydrogen-bond donors (Lipinski definition) is 1. The van der Waals surface area contributed by atoms with Crippen molar-refractivity contribution in [3.8, 4) is 0 Å². The molecule has 0 saturated carbocycles. The monoisotopic (exact) mass is 370 g/mol. The molecule has 4 heterocycles. The van der Waals surface area contributed by atoms with Crippen LogP contribution >= 0.6 is 11.3 Å². The number of ketones is 1. The van der Waals surface area contributed by atoms with Crippen molar-refractivity contribution in [1.82, 2.24) is 9.88 Å². The van der Waals surface area contributed by atoms with Crippen molar-refractivity contribution in [2.24, 2.45) is 0 Å². The van der Waals surface area contributed by atoms with Gasteiger partial charge in [0.15, 0.2) is 5.78 Å². The van der Waals surface area contributed by atoms with Gasteiger partial charge in [-0.25, -0.2) is 0 Å². The van der Waals surface area contributed by atoms with Crippen LogP contribution in [0.1, 0.15) is 22.4 Å². The van der Waals surface area contributed by atoms with Gasteiger partial charge < -0.3 is 9.88 Å². The highest BCUT2D eigenvalue weighted by molar-refractivity contribution is 7.20.